The average molecular weight is 266 g/mol. The van der Waals surface area contributed by atoms with Crippen LogP contribution in [0.5, 0.6) is 0 Å². The SMILES string of the molecule is CN(C(=O)C(N)C1CCOCC1)c1ccc(F)cc1. The number of nitrogens with zero attached hydrogens (tertiary/aromatic N) is 1. The highest BCUT2D eigenvalue weighted by molar-refractivity contribution is 5.96. The second-order valence-electron chi connectivity index (χ2n) is 4.85. The van der Waals surface area contributed by atoms with Crippen LogP contribution >= 0.6 is 0 Å². The fourth-order valence-electron chi connectivity index (χ4n) is 2.29. The number of anilines is 1. The van der Waals surface area contributed by atoms with E-state index in [1.54, 1.807) is 19.2 Å². The molecule has 19 heavy (non-hydrogen) atoms. The van der Waals surface area contributed by atoms with Crippen molar-refractivity contribution in [2.75, 3.05) is 25.2 Å². The summed E-state index contributed by atoms with van der Waals surface area (Å²) < 4.78 is 18.1. The predicted octanol–water partition coefficient (Wildman–Crippen LogP) is 1.54. The second-order valence-corrected chi connectivity index (χ2v) is 4.85. The summed E-state index contributed by atoms with van der Waals surface area (Å²) in [5.41, 5.74) is 6.69. The van der Waals surface area contributed by atoms with Crippen LogP contribution in [0.15, 0.2) is 24.3 Å². The molecule has 1 fully saturated rings. The van der Waals surface area contributed by atoms with Gasteiger partial charge in [0, 0.05) is 25.9 Å². The molecule has 1 unspecified atom stereocenters. The van der Waals surface area contributed by atoms with Crippen LogP contribution < -0.4 is 10.6 Å². The first-order valence-corrected chi connectivity index (χ1v) is 6.46. The quantitative estimate of drug-likeness (QED) is 0.903. The van der Waals surface area contributed by atoms with Crippen LogP contribution in [0.4, 0.5) is 10.1 Å². The molecule has 0 spiro atoms. The largest absolute Gasteiger partial charge is 0.381 e. The topological polar surface area (TPSA) is 55.6 Å². The number of nitrogens with two attached hydrogens (primary N) is 1. The molecule has 1 aromatic rings. The second kappa shape index (κ2) is 6.12. The molecule has 1 heterocycles. The van der Waals surface area contributed by atoms with E-state index < -0.39 is 6.04 Å². The van der Waals surface area contributed by atoms with Crippen molar-refractivity contribution in [3.05, 3.63) is 30.1 Å². The highest BCUT2D eigenvalue weighted by Gasteiger charge is 2.29. The number of benzene rings is 1. The smallest absolute Gasteiger partial charge is 0.243 e. The molecule has 1 atom stereocenters. The number of halogens is 1. The van der Waals surface area contributed by atoms with E-state index in [9.17, 15) is 9.18 Å². The van der Waals surface area contributed by atoms with Gasteiger partial charge in [-0.25, -0.2) is 4.39 Å². The summed E-state index contributed by atoms with van der Waals surface area (Å²) in [6, 6.07) is 5.28. The van der Waals surface area contributed by atoms with Crippen molar-refractivity contribution in [3.8, 4) is 0 Å². The maximum absolute atomic E-state index is 12.9. The van der Waals surface area contributed by atoms with Crippen molar-refractivity contribution >= 4 is 11.6 Å². The molecule has 0 aromatic heterocycles. The minimum absolute atomic E-state index is 0.140. The number of likely N-dealkylation sites (N-methyl/N-ethyl adjacent to an activating group) is 1. The van der Waals surface area contributed by atoms with Crippen molar-refractivity contribution in [3.63, 3.8) is 0 Å². The third kappa shape index (κ3) is 3.30. The van der Waals surface area contributed by atoms with Crippen molar-refractivity contribution < 1.29 is 13.9 Å². The van der Waals surface area contributed by atoms with Gasteiger partial charge in [0.15, 0.2) is 0 Å². The maximum Gasteiger partial charge on any atom is 0.243 e. The van der Waals surface area contributed by atoms with Crippen molar-refractivity contribution in [2.24, 2.45) is 11.7 Å². The molecule has 2 rings (SSSR count). The number of hydrogen-bond acceptors (Lipinski definition) is 3. The van der Waals surface area contributed by atoms with E-state index in [0.29, 0.717) is 18.9 Å². The lowest BCUT2D eigenvalue weighted by Crippen LogP contribution is -2.47. The van der Waals surface area contributed by atoms with E-state index in [1.807, 2.05) is 0 Å². The molecule has 0 aliphatic carbocycles. The van der Waals surface area contributed by atoms with Crippen molar-refractivity contribution in [1.29, 1.82) is 0 Å². The molecule has 2 N–H and O–H groups in total. The Morgan fingerprint density at radius 2 is 1.95 bits per heavy atom. The summed E-state index contributed by atoms with van der Waals surface area (Å²) in [4.78, 5) is 13.8. The van der Waals surface area contributed by atoms with E-state index in [2.05, 4.69) is 0 Å². The van der Waals surface area contributed by atoms with Gasteiger partial charge in [-0.1, -0.05) is 0 Å². The number of rotatable bonds is 3. The first kappa shape index (κ1) is 14.0. The van der Waals surface area contributed by atoms with Crippen LogP contribution in [0.25, 0.3) is 0 Å². The van der Waals surface area contributed by atoms with E-state index in [1.165, 1.54) is 17.0 Å². The lowest BCUT2D eigenvalue weighted by Gasteiger charge is -2.29. The maximum atomic E-state index is 12.9. The fraction of sp³-hybridized carbons (Fsp3) is 0.500. The summed E-state index contributed by atoms with van der Waals surface area (Å²) in [7, 11) is 1.66. The van der Waals surface area contributed by atoms with E-state index in [4.69, 9.17) is 10.5 Å². The van der Waals surface area contributed by atoms with Gasteiger partial charge in [-0.3, -0.25) is 4.79 Å². The standard InChI is InChI=1S/C14H19FN2O2/c1-17(12-4-2-11(15)3-5-12)14(18)13(16)10-6-8-19-9-7-10/h2-5,10,13H,6-9,16H2,1H3. The fourth-order valence-corrected chi connectivity index (χ4v) is 2.29. The van der Waals surface area contributed by atoms with Gasteiger partial charge >= 0.3 is 0 Å². The normalized spacial score (nSPS) is 18.1. The van der Waals surface area contributed by atoms with Crippen LogP contribution in [-0.2, 0) is 9.53 Å². The summed E-state index contributed by atoms with van der Waals surface area (Å²) in [6.07, 6.45) is 1.62. The molecule has 1 aliphatic rings. The Balaban J connectivity index is 2.03. The molecule has 1 aromatic carbocycles. The summed E-state index contributed by atoms with van der Waals surface area (Å²) in [6.45, 7) is 1.32. The molecular formula is C14H19FN2O2. The van der Waals surface area contributed by atoms with Gasteiger partial charge in [0.25, 0.3) is 0 Å². The van der Waals surface area contributed by atoms with E-state index in [0.717, 1.165) is 12.8 Å². The third-order valence-electron chi connectivity index (χ3n) is 3.60. The zero-order chi connectivity index (χ0) is 13.8. The third-order valence-corrected chi connectivity index (χ3v) is 3.60. The van der Waals surface area contributed by atoms with Crippen molar-refractivity contribution in [2.45, 2.75) is 18.9 Å². The van der Waals surface area contributed by atoms with Gasteiger partial charge in [0.1, 0.15) is 5.82 Å². The van der Waals surface area contributed by atoms with E-state index >= 15 is 0 Å². The van der Waals surface area contributed by atoms with Crippen molar-refractivity contribution in [1.82, 2.24) is 0 Å². The van der Waals surface area contributed by atoms with Crippen LogP contribution in [0.2, 0.25) is 0 Å². The summed E-state index contributed by atoms with van der Waals surface area (Å²) in [5, 5.41) is 0. The molecule has 0 bridgehead atoms. The Kier molecular flexibility index (Phi) is 4.50. The van der Waals surface area contributed by atoms with Gasteiger partial charge in [-0.05, 0) is 43.0 Å². The Labute approximate surface area is 112 Å². The zero-order valence-corrected chi connectivity index (χ0v) is 11.0. The Morgan fingerprint density at radius 1 is 1.37 bits per heavy atom. The Bertz CT molecular complexity index is 430. The lowest BCUT2D eigenvalue weighted by atomic mass is 9.91. The average Bonchev–Trinajstić information content (AvgIpc) is 2.46. The molecule has 104 valence electrons. The summed E-state index contributed by atoms with van der Waals surface area (Å²) in [5.74, 6) is -0.305. The molecule has 1 saturated heterocycles. The Morgan fingerprint density at radius 3 is 2.53 bits per heavy atom. The zero-order valence-electron chi connectivity index (χ0n) is 11.0. The molecule has 5 heteroatoms. The van der Waals surface area contributed by atoms with E-state index in [-0.39, 0.29) is 17.6 Å². The summed E-state index contributed by atoms with van der Waals surface area (Å²) >= 11 is 0. The number of carbonyl (C=O) groups excluding carboxylic acids is 1. The van der Waals surface area contributed by atoms with Crippen LogP contribution in [0, 0.1) is 11.7 Å². The van der Waals surface area contributed by atoms with Crippen LogP contribution in [0.1, 0.15) is 12.8 Å². The van der Waals surface area contributed by atoms with Gasteiger partial charge < -0.3 is 15.4 Å². The monoisotopic (exact) mass is 266 g/mol. The lowest BCUT2D eigenvalue weighted by molar-refractivity contribution is -0.121. The molecule has 0 saturated carbocycles. The first-order valence-electron chi connectivity index (χ1n) is 6.46. The first-order chi connectivity index (χ1) is 9.09. The number of ether oxygens (including phenoxy) is 1. The number of hydrogen-bond donors (Lipinski definition) is 1. The molecular weight excluding hydrogens is 247 g/mol. The predicted molar refractivity (Wildman–Crippen MR) is 71.3 cm³/mol. The number of carbonyl (C=O) groups is 1. The Hall–Kier alpha value is -1.46. The molecule has 1 aliphatic heterocycles. The number of amides is 1. The minimum Gasteiger partial charge on any atom is -0.381 e. The molecule has 4 nitrogen and oxygen atoms in total. The van der Waals surface area contributed by atoms with Crippen LogP contribution in [0.3, 0.4) is 0 Å². The van der Waals surface area contributed by atoms with Gasteiger partial charge in [0.05, 0.1) is 6.04 Å². The molecule has 0 radical (unpaired) electrons. The van der Waals surface area contributed by atoms with Gasteiger partial charge in [-0.15, -0.1) is 0 Å². The highest BCUT2D eigenvalue weighted by atomic mass is 19.1. The highest BCUT2D eigenvalue weighted by Crippen LogP contribution is 2.21. The van der Waals surface area contributed by atoms with Gasteiger partial charge in [-0.2, -0.15) is 0 Å². The van der Waals surface area contributed by atoms with Gasteiger partial charge in [0.2, 0.25) is 5.91 Å². The minimum atomic E-state index is -0.529. The van der Waals surface area contributed by atoms with Crippen LogP contribution in [-0.4, -0.2) is 32.2 Å². The molecule has 1 amide bonds.